The summed E-state index contributed by atoms with van der Waals surface area (Å²) >= 11 is 0. The van der Waals surface area contributed by atoms with Gasteiger partial charge in [0.1, 0.15) is 0 Å². The first-order valence-electron chi connectivity index (χ1n) is 17.1. The monoisotopic (exact) mass is 882 g/mol. The second-order valence-electron chi connectivity index (χ2n) is 12.4. The van der Waals surface area contributed by atoms with Gasteiger partial charge in [-0.1, -0.05) is 111 Å². The fourth-order valence-corrected chi connectivity index (χ4v) is 6.58. The summed E-state index contributed by atoms with van der Waals surface area (Å²) in [6.45, 7) is 2.08. The predicted molar refractivity (Wildman–Crippen MR) is 217 cm³/mol. The number of nitrogens with zero attached hydrogens (tertiary/aromatic N) is 4. The van der Waals surface area contributed by atoms with E-state index in [9.17, 15) is 4.39 Å². The second kappa shape index (κ2) is 17.2. The Morgan fingerprint density at radius 2 is 1.19 bits per heavy atom. The Bertz CT molecular complexity index is 2340. The van der Waals surface area contributed by atoms with Gasteiger partial charge in [-0.25, -0.2) is 0 Å². The number of halogens is 1. The van der Waals surface area contributed by atoms with E-state index in [1.165, 1.54) is 23.5 Å². The number of imidazole rings is 1. The van der Waals surface area contributed by atoms with Gasteiger partial charge in [-0.3, -0.25) is 9.37 Å². The first-order chi connectivity index (χ1) is 25.6. The van der Waals surface area contributed by atoms with Crippen LogP contribution in [0.4, 0.5) is 21.5 Å². The van der Waals surface area contributed by atoms with Crippen LogP contribution in [0.1, 0.15) is 7.43 Å². The van der Waals surface area contributed by atoms with E-state index >= 15 is 0 Å². The molecule has 0 saturated heterocycles. The van der Waals surface area contributed by atoms with Crippen molar-refractivity contribution < 1.29 is 24.5 Å². The van der Waals surface area contributed by atoms with Crippen LogP contribution >= 0.6 is 0 Å². The number of anilines is 3. The summed E-state index contributed by atoms with van der Waals surface area (Å²) in [6, 6.07) is 62.8. The molecule has 1 aliphatic heterocycles. The first kappa shape index (κ1) is 37.7. The molecule has 0 N–H and O–H groups in total. The van der Waals surface area contributed by atoms with Crippen molar-refractivity contribution in [2.24, 2.45) is 0 Å². The number of benzene rings is 7. The molecule has 0 atom stereocenters. The van der Waals surface area contributed by atoms with E-state index in [1.54, 1.807) is 12.3 Å². The van der Waals surface area contributed by atoms with Crippen molar-refractivity contribution in [2.75, 3.05) is 16.8 Å². The van der Waals surface area contributed by atoms with E-state index in [1.807, 2.05) is 42.6 Å². The van der Waals surface area contributed by atoms with Gasteiger partial charge in [0.05, 0.1) is 11.5 Å². The van der Waals surface area contributed by atoms with Crippen molar-refractivity contribution in [1.82, 2.24) is 9.55 Å². The van der Waals surface area contributed by atoms with Crippen LogP contribution in [0, 0.1) is 24.6 Å². The number of hydrogen-bond donors (Lipinski definition) is 0. The topological polar surface area (TPSA) is 24.3 Å². The van der Waals surface area contributed by atoms with E-state index in [4.69, 9.17) is 0 Å². The van der Waals surface area contributed by atoms with E-state index in [0.717, 1.165) is 50.3 Å². The summed E-state index contributed by atoms with van der Waals surface area (Å²) in [5, 5.41) is 0. The Morgan fingerprint density at radius 1 is 0.611 bits per heavy atom. The van der Waals surface area contributed by atoms with E-state index in [0.29, 0.717) is 5.82 Å². The molecule has 7 aromatic carbocycles. The summed E-state index contributed by atoms with van der Waals surface area (Å²) in [7, 11) is 2.06. The summed E-state index contributed by atoms with van der Waals surface area (Å²) < 4.78 is 15.8. The van der Waals surface area contributed by atoms with Gasteiger partial charge in [-0.05, 0) is 53.6 Å². The summed E-state index contributed by atoms with van der Waals surface area (Å²) in [5.41, 5.74) is 11.9. The number of aromatic nitrogens is 2. The molecule has 54 heavy (non-hydrogen) atoms. The molecule has 9 rings (SSSR count). The molecule has 0 bridgehead atoms. The largest absolute Gasteiger partial charge is 3.00 e. The number of rotatable bonds is 6. The van der Waals surface area contributed by atoms with Crippen LogP contribution in [0.15, 0.2) is 182 Å². The molecule has 266 valence electrons. The van der Waals surface area contributed by atoms with Crippen molar-refractivity contribution in [2.45, 2.75) is 7.43 Å². The zero-order chi connectivity index (χ0) is 35.3. The van der Waals surface area contributed by atoms with E-state index in [2.05, 4.69) is 160 Å². The smallest absolute Gasteiger partial charge is 0.504 e. The molecule has 4 nitrogen and oxygen atoms in total. The van der Waals surface area contributed by atoms with Gasteiger partial charge in [0.15, 0.2) is 0 Å². The van der Waals surface area contributed by atoms with Crippen LogP contribution < -0.4 is 9.80 Å². The van der Waals surface area contributed by atoms with Crippen LogP contribution in [0.25, 0.3) is 50.5 Å². The van der Waals surface area contributed by atoms with Crippen LogP contribution in [0.3, 0.4) is 0 Å². The Kier molecular flexibility index (Phi) is 12.0. The molecule has 0 spiro atoms. The first-order valence-corrected chi connectivity index (χ1v) is 17.1. The third-order valence-electron chi connectivity index (χ3n) is 9.05. The zero-order valence-corrected chi connectivity index (χ0v) is 31.3. The van der Waals surface area contributed by atoms with Gasteiger partial charge in [-0.2, -0.15) is 37.0 Å². The number of hydrogen-bond acceptors (Lipinski definition) is 3. The molecule has 8 aromatic rings. The Labute approximate surface area is 331 Å². The van der Waals surface area contributed by atoms with Gasteiger partial charge >= 0.3 is 20.1 Å². The third-order valence-corrected chi connectivity index (χ3v) is 9.05. The van der Waals surface area contributed by atoms with Crippen molar-refractivity contribution in [3.05, 3.63) is 207 Å². The average molecular weight is 882 g/mol. The zero-order valence-electron chi connectivity index (χ0n) is 28.9. The van der Waals surface area contributed by atoms with E-state index in [-0.39, 0.29) is 33.3 Å². The predicted octanol–water partition coefficient (Wildman–Crippen LogP) is 12.3. The maximum absolute atomic E-state index is 13.7. The van der Waals surface area contributed by atoms with Crippen molar-refractivity contribution in [3.8, 4) is 50.5 Å². The minimum absolute atomic E-state index is 0. The standard InChI is InChI=1S/C33H22FN2.C14H12N2.CH4.Ir/c34-29-18-16-27(17-19-29)33-35-20-21-36(33)32-30(25-12-6-2-7-13-25)22-28(24-10-4-1-5-11-24)23-31(32)26-14-8-3-9-15-26;1-15-11-16(12-7-3-2-4-8-12)14-10-6-5-9-13(14)15;;/h1-16,18-23H;2-7,9-11H,1H3;1H4;/q-1;-2;;+3. The van der Waals surface area contributed by atoms with Crippen LogP contribution in [0.2, 0.25) is 0 Å². The molecule has 2 heterocycles. The molecule has 1 aromatic heterocycles. The Balaban J connectivity index is 0.000000232. The second-order valence-corrected chi connectivity index (χ2v) is 12.4. The molecular weight excluding hydrogens is 844 g/mol. The fraction of sp³-hybridized carbons (Fsp3) is 0.0417. The van der Waals surface area contributed by atoms with Crippen molar-refractivity contribution in [1.29, 1.82) is 0 Å². The summed E-state index contributed by atoms with van der Waals surface area (Å²) in [5.74, 6) is 0.385. The maximum Gasteiger partial charge on any atom is 3.00 e. The molecule has 0 saturated carbocycles. The van der Waals surface area contributed by atoms with Crippen molar-refractivity contribution in [3.63, 3.8) is 0 Å². The SMILES string of the molecule is C.CN1[CH-]N(c2[c-]cccc2)c2ccccc21.Fc1c[c-]c(-c2nccn2-c2c(-c3ccccc3)cc(-c3ccccc3)cc2-c2ccccc2)cc1.[Ir+3]. The van der Waals surface area contributed by atoms with Gasteiger partial charge in [0.2, 0.25) is 0 Å². The molecule has 6 heteroatoms. The van der Waals surface area contributed by atoms with E-state index < -0.39 is 0 Å². The third kappa shape index (κ3) is 7.81. The van der Waals surface area contributed by atoms with Crippen LogP contribution in [0.5, 0.6) is 0 Å². The van der Waals surface area contributed by atoms with Crippen LogP contribution in [-0.2, 0) is 20.1 Å². The van der Waals surface area contributed by atoms with Crippen LogP contribution in [-0.4, -0.2) is 16.6 Å². The maximum atomic E-state index is 13.7. The molecular formula is C48H38FIrN4. The molecule has 0 amide bonds. The molecule has 0 radical (unpaired) electrons. The number of para-hydroxylation sites is 3. The molecule has 1 aliphatic rings. The Hall–Kier alpha value is -6.07. The normalized spacial score (nSPS) is 11.4. The summed E-state index contributed by atoms with van der Waals surface area (Å²) in [4.78, 5) is 8.92. The van der Waals surface area contributed by atoms with Gasteiger partial charge < -0.3 is 14.4 Å². The molecule has 0 fully saturated rings. The quantitative estimate of drug-likeness (QED) is 0.156. The Morgan fingerprint density at radius 3 is 1.76 bits per heavy atom. The number of fused-ring (bicyclic) bond motifs is 1. The minimum Gasteiger partial charge on any atom is -0.504 e. The van der Waals surface area contributed by atoms with Gasteiger partial charge in [-0.15, -0.1) is 35.5 Å². The molecule has 0 unspecified atom stereocenters. The average Bonchev–Trinajstić information content (AvgIpc) is 3.84. The fourth-order valence-electron chi connectivity index (χ4n) is 6.58. The molecule has 0 aliphatic carbocycles. The van der Waals surface area contributed by atoms with Crippen molar-refractivity contribution >= 4 is 17.1 Å². The summed E-state index contributed by atoms with van der Waals surface area (Å²) in [6.07, 6.45) is 3.74. The minimum atomic E-state index is -0.320. The van der Waals surface area contributed by atoms with Gasteiger partial charge in [0.25, 0.3) is 0 Å². The van der Waals surface area contributed by atoms with Gasteiger partial charge in [0, 0.05) is 40.7 Å².